The summed E-state index contributed by atoms with van der Waals surface area (Å²) >= 11 is 3.48. The molecule has 0 aliphatic heterocycles. The normalized spacial score (nSPS) is 13.5. The van der Waals surface area contributed by atoms with Crippen LogP contribution in [0.25, 0.3) is 0 Å². The number of halogens is 1. The van der Waals surface area contributed by atoms with Crippen molar-refractivity contribution in [2.24, 2.45) is 5.92 Å². The van der Waals surface area contributed by atoms with Crippen LogP contribution < -0.4 is 4.74 Å². The maximum Gasteiger partial charge on any atom is 0.123 e. The van der Waals surface area contributed by atoms with Crippen molar-refractivity contribution >= 4 is 15.9 Å². The van der Waals surface area contributed by atoms with E-state index in [0.29, 0.717) is 5.92 Å². The van der Waals surface area contributed by atoms with E-state index in [1.54, 1.807) is 0 Å². The van der Waals surface area contributed by atoms with Gasteiger partial charge in [0.2, 0.25) is 0 Å². The van der Waals surface area contributed by atoms with Crippen LogP contribution in [0.1, 0.15) is 38.8 Å². The summed E-state index contributed by atoms with van der Waals surface area (Å²) in [7, 11) is 0. The Labute approximate surface area is 114 Å². The van der Waals surface area contributed by atoms with E-state index in [0.717, 1.165) is 17.7 Å². The predicted molar refractivity (Wildman–Crippen MR) is 78.3 cm³/mol. The van der Waals surface area contributed by atoms with E-state index in [1.165, 1.54) is 11.1 Å². The lowest BCUT2D eigenvalue weighted by Crippen LogP contribution is -2.16. The van der Waals surface area contributed by atoms with Crippen molar-refractivity contribution in [3.8, 4) is 5.75 Å². The zero-order valence-corrected chi connectivity index (χ0v) is 13.1. The van der Waals surface area contributed by atoms with Crippen LogP contribution in [0, 0.1) is 12.8 Å². The highest BCUT2D eigenvalue weighted by molar-refractivity contribution is 9.09. The molecule has 0 aliphatic carbocycles. The lowest BCUT2D eigenvalue weighted by atomic mass is 9.86. The van der Waals surface area contributed by atoms with Gasteiger partial charge >= 0.3 is 0 Å². The second kappa shape index (κ2) is 5.90. The first-order valence-corrected chi connectivity index (χ1v) is 7.26. The second-order valence-corrected chi connectivity index (χ2v) is 6.47. The molecule has 96 valence electrons. The van der Waals surface area contributed by atoms with E-state index in [4.69, 9.17) is 4.74 Å². The summed E-state index contributed by atoms with van der Waals surface area (Å²) in [5.41, 5.74) is 2.66. The number of ether oxygens (including phenoxy) is 1. The Morgan fingerprint density at radius 1 is 1.29 bits per heavy atom. The number of rotatable bonds is 4. The SMILES string of the molecule is Cc1ccc(C(C)(C)C)c(OCC(C)CBr)c1. The van der Waals surface area contributed by atoms with Crippen molar-refractivity contribution < 1.29 is 4.74 Å². The monoisotopic (exact) mass is 298 g/mol. The van der Waals surface area contributed by atoms with E-state index < -0.39 is 0 Å². The van der Waals surface area contributed by atoms with Gasteiger partial charge in [0.15, 0.2) is 0 Å². The summed E-state index contributed by atoms with van der Waals surface area (Å²) in [6, 6.07) is 6.48. The number of aryl methyl sites for hydroxylation is 1. The van der Waals surface area contributed by atoms with E-state index in [1.807, 2.05) is 0 Å². The Bertz CT molecular complexity index is 366. The third kappa shape index (κ3) is 4.34. The van der Waals surface area contributed by atoms with Gasteiger partial charge in [-0.3, -0.25) is 0 Å². The highest BCUT2D eigenvalue weighted by Gasteiger charge is 2.19. The Morgan fingerprint density at radius 3 is 2.47 bits per heavy atom. The average molecular weight is 299 g/mol. The zero-order chi connectivity index (χ0) is 13.1. The van der Waals surface area contributed by atoms with Gasteiger partial charge in [-0.2, -0.15) is 0 Å². The van der Waals surface area contributed by atoms with Crippen molar-refractivity contribution in [3.05, 3.63) is 29.3 Å². The molecule has 2 heteroatoms. The van der Waals surface area contributed by atoms with Crippen molar-refractivity contribution in [1.82, 2.24) is 0 Å². The number of hydrogen-bond donors (Lipinski definition) is 0. The van der Waals surface area contributed by atoms with E-state index in [-0.39, 0.29) is 5.41 Å². The maximum atomic E-state index is 5.97. The smallest absolute Gasteiger partial charge is 0.123 e. The minimum Gasteiger partial charge on any atom is -0.493 e. The first-order chi connectivity index (χ1) is 7.84. The maximum absolute atomic E-state index is 5.97. The predicted octanol–water partition coefficient (Wildman–Crippen LogP) is 4.70. The van der Waals surface area contributed by atoms with Crippen LogP contribution in [0.4, 0.5) is 0 Å². The first kappa shape index (κ1) is 14.6. The average Bonchev–Trinajstić information content (AvgIpc) is 2.24. The Balaban J connectivity index is 2.92. The van der Waals surface area contributed by atoms with Gasteiger partial charge in [0.1, 0.15) is 5.75 Å². The van der Waals surface area contributed by atoms with Gasteiger partial charge in [0.25, 0.3) is 0 Å². The molecule has 0 saturated heterocycles. The fourth-order valence-electron chi connectivity index (χ4n) is 1.65. The van der Waals surface area contributed by atoms with Gasteiger partial charge < -0.3 is 4.74 Å². The molecule has 0 spiro atoms. The van der Waals surface area contributed by atoms with Crippen LogP contribution in [0.3, 0.4) is 0 Å². The first-order valence-electron chi connectivity index (χ1n) is 6.14. The van der Waals surface area contributed by atoms with Crippen LogP contribution in [-0.4, -0.2) is 11.9 Å². The number of benzene rings is 1. The molecule has 0 aliphatic rings. The quantitative estimate of drug-likeness (QED) is 0.732. The van der Waals surface area contributed by atoms with E-state index in [9.17, 15) is 0 Å². The van der Waals surface area contributed by atoms with Crippen molar-refractivity contribution in [1.29, 1.82) is 0 Å². The third-order valence-corrected chi connectivity index (χ3v) is 3.84. The Hall–Kier alpha value is -0.500. The molecule has 0 heterocycles. The molecule has 0 radical (unpaired) electrons. The minimum atomic E-state index is 0.126. The molecular formula is C15H23BrO. The van der Waals surface area contributed by atoms with Gasteiger partial charge in [-0.1, -0.05) is 55.8 Å². The molecule has 0 bridgehead atoms. The summed E-state index contributed by atoms with van der Waals surface area (Å²) in [5, 5.41) is 0.976. The lowest BCUT2D eigenvalue weighted by molar-refractivity contribution is 0.267. The van der Waals surface area contributed by atoms with E-state index >= 15 is 0 Å². The molecule has 1 unspecified atom stereocenters. The standard InChI is InChI=1S/C15H23BrO/c1-11-6-7-13(15(3,4)5)14(8-11)17-10-12(2)9-16/h6-8,12H,9-10H2,1-5H3. The lowest BCUT2D eigenvalue weighted by Gasteiger charge is -2.24. The second-order valence-electron chi connectivity index (χ2n) is 5.82. The molecule has 0 N–H and O–H groups in total. The number of alkyl halides is 1. The van der Waals surface area contributed by atoms with Crippen LogP contribution in [0.5, 0.6) is 5.75 Å². The van der Waals surface area contributed by atoms with E-state index in [2.05, 4.69) is 68.7 Å². The highest BCUT2D eigenvalue weighted by atomic mass is 79.9. The highest BCUT2D eigenvalue weighted by Crippen LogP contribution is 2.32. The van der Waals surface area contributed by atoms with Crippen molar-refractivity contribution in [2.45, 2.75) is 40.0 Å². The molecule has 0 fully saturated rings. The molecular weight excluding hydrogens is 276 g/mol. The summed E-state index contributed by atoms with van der Waals surface area (Å²) in [6.07, 6.45) is 0. The fraction of sp³-hybridized carbons (Fsp3) is 0.600. The summed E-state index contributed by atoms with van der Waals surface area (Å²) in [4.78, 5) is 0. The molecule has 17 heavy (non-hydrogen) atoms. The van der Waals surface area contributed by atoms with Crippen LogP contribution >= 0.6 is 15.9 Å². The molecule has 1 aromatic carbocycles. The molecule has 0 amide bonds. The molecule has 1 atom stereocenters. The fourth-order valence-corrected chi connectivity index (χ4v) is 1.83. The Kier molecular flexibility index (Phi) is 5.05. The summed E-state index contributed by atoms with van der Waals surface area (Å²) in [5.74, 6) is 1.56. The summed E-state index contributed by atoms with van der Waals surface area (Å²) in [6.45, 7) is 11.7. The molecule has 1 nitrogen and oxygen atoms in total. The molecule has 1 rings (SSSR count). The number of hydrogen-bond acceptors (Lipinski definition) is 1. The topological polar surface area (TPSA) is 9.23 Å². The van der Waals surface area contributed by atoms with Gasteiger partial charge in [0.05, 0.1) is 6.61 Å². The van der Waals surface area contributed by atoms with Crippen LogP contribution in [-0.2, 0) is 5.41 Å². The van der Waals surface area contributed by atoms with Crippen LogP contribution in [0.2, 0.25) is 0 Å². The van der Waals surface area contributed by atoms with Gasteiger partial charge in [0, 0.05) is 5.33 Å². The van der Waals surface area contributed by atoms with Gasteiger partial charge in [-0.05, 0) is 35.4 Å². The minimum absolute atomic E-state index is 0.126. The molecule has 0 aromatic heterocycles. The Morgan fingerprint density at radius 2 is 1.94 bits per heavy atom. The molecule has 1 aromatic rings. The van der Waals surface area contributed by atoms with Crippen molar-refractivity contribution in [3.63, 3.8) is 0 Å². The molecule has 0 saturated carbocycles. The third-order valence-electron chi connectivity index (χ3n) is 2.73. The van der Waals surface area contributed by atoms with Crippen LogP contribution in [0.15, 0.2) is 18.2 Å². The summed E-state index contributed by atoms with van der Waals surface area (Å²) < 4.78 is 5.97. The van der Waals surface area contributed by atoms with Gasteiger partial charge in [-0.25, -0.2) is 0 Å². The van der Waals surface area contributed by atoms with Gasteiger partial charge in [-0.15, -0.1) is 0 Å². The van der Waals surface area contributed by atoms with Crippen molar-refractivity contribution in [2.75, 3.05) is 11.9 Å². The zero-order valence-electron chi connectivity index (χ0n) is 11.5. The largest absolute Gasteiger partial charge is 0.493 e.